The lowest BCUT2D eigenvalue weighted by molar-refractivity contribution is 0.0964. The van der Waals surface area contributed by atoms with Crippen molar-refractivity contribution in [2.24, 2.45) is 0 Å². The highest BCUT2D eigenvalue weighted by Crippen LogP contribution is 2.17. The van der Waals surface area contributed by atoms with Crippen LogP contribution in [0, 0.1) is 6.92 Å². The van der Waals surface area contributed by atoms with Gasteiger partial charge in [-0.15, -0.1) is 11.3 Å². The lowest BCUT2D eigenvalue weighted by atomic mass is 10.1. The second kappa shape index (κ2) is 8.75. The molecule has 1 aromatic heterocycles. The van der Waals surface area contributed by atoms with E-state index in [1.807, 2.05) is 30.5 Å². The van der Waals surface area contributed by atoms with E-state index in [9.17, 15) is 4.79 Å². The highest BCUT2D eigenvalue weighted by atomic mass is 32.1. The van der Waals surface area contributed by atoms with Gasteiger partial charge in [0, 0.05) is 26.1 Å². The summed E-state index contributed by atoms with van der Waals surface area (Å²) in [6.07, 6.45) is 0.555. The van der Waals surface area contributed by atoms with Gasteiger partial charge in [-0.05, 0) is 35.1 Å². The van der Waals surface area contributed by atoms with Crippen molar-refractivity contribution in [3.63, 3.8) is 0 Å². The number of hydrogen-bond donors (Lipinski definition) is 0. The van der Waals surface area contributed by atoms with Crippen molar-refractivity contribution < 1.29 is 4.79 Å². The lowest BCUT2D eigenvalue weighted by Crippen LogP contribution is -2.25. The van der Waals surface area contributed by atoms with Gasteiger partial charge < -0.3 is 0 Å². The van der Waals surface area contributed by atoms with E-state index in [2.05, 4.69) is 53.4 Å². The summed E-state index contributed by atoms with van der Waals surface area (Å²) in [5, 5.41) is 2.04. The molecule has 0 aliphatic rings. The van der Waals surface area contributed by atoms with Gasteiger partial charge in [-0.1, -0.05) is 60.7 Å². The molecule has 0 amide bonds. The van der Waals surface area contributed by atoms with E-state index < -0.39 is 0 Å². The van der Waals surface area contributed by atoms with E-state index in [-0.39, 0.29) is 5.78 Å². The Morgan fingerprint density at radius 1 is 0.920 bits per heavy atom. The number of carbonyl (C=O) groups is 1. The van der Waals surface area contributed by atoms with Crippen molar-refractivity contribution in [2.45, 2.75) is 26.4 Å². The van der Waals surface area contributed by atoms with Crippen molar-refractivity contribution in [1.29, 1.82) is 0 Å². The Labute approximate surface area is 153 Å². The smallest absolute Gasteiger partial charge is 0.174 e. The quantitative estimate of drug-likeness (QED) is 0.512. The van der Waals surface area contributed by atoms with E-state index in [4.69, 9.17) is 0 Å². The fourth-order valence-electron chi connectivity index (χ4n) is 2.86. The number of thiophene rings is 1. The molecular formula is C22H23NOS. The van der Waals surface area contributed by atoms with E-state index >= 15 is 0 Å². The molecule has 0 spiro atoms. The van der Waals surface area contributed by atoms with Gasteiger partial charge in [-0.3, -0.25) is 9.69 Å². The third-order valence-electron chi connectivity index (χ3n) is 4.16. The molecule has 3 aromatic rings. The second-order valence-electron chi connectivity index (χ2n) is 6.34. The maximum atomic E-state index is 12.5. The minimum absolute atomic E-state index is 0.240. The van der Waals surface area contributed by atoms with Crippen LogP contribution < -0.4 is 0 Å². The van der Waals surface area contributed by atoms with Crippen molar-refractivity contribution in [1.82, 2.24) is 4.90 Å². The first-order valence-electron chi connectivity index (χ1n) is 8.59. The molecule has 3 rings (SSSR count). The van der Waals surface area contributed by atoms with Crippen LogP contribution in [0.25, 0.3) is 0 Å². The second-order valence-corrected chi connectivity index (χ2v) is 7.25. The zero-order chi connectivity index (χ0) is 17.5. The Kier molecular flexibility index (Phi) is 6.15. The zero-order valence-electron chi connectivity index (χ0n) is 14.5. The number of hydrogen-bond acceptors (Lipinski definition) is 3. The van der Waals surface area contributed by atoms with Crippen molar-refractivity contribution in [2.75, 3.05) is 6.54 Å². The molecule has 0 unspecified atom stereocenters. The van der Waals surface area contributed by atoms with E-state index in [1.54, 1.807) is 11.3 Å². The molecule has 1 heterocycles. The van der Waals surface area contributed by atoms with Gasteiger partial charge in [-0.2, -0.15) is 0 Å². The fourth-order valence-corrected chi connectivity index (χ4v) is 3.73. The first kappa shape index (κ1) is 17.6. The molecule has 128 valence electrons. The number of rotatable bonds is 8. The number of carbonyl (C=O) groups excluding carboxylic acids is 1. The Morgan fingerprint density at radius 3 is 1.96 bits per heavy atom. The van der Waals surface area contributed by atoms with Crippen LogP contribution >= 0.6 is 11.3 Å². The van der Waals surface area contributed by atoms with Crippen LogP contribution in [-0.2, 0) is 13.1 Å². The van der Waals surface area contributed by atoms with Gasteiger partial charge in [0.1, 0.15) is 0 Å². The molecule has 0 radical (unpaired) electrons. The summed E-state index contributed by atoms with van der Waals surface area (Å²) in [5.41, 5.74) is 3.72. The predicted octanol–water partition coefficient (Wildman–Crippen LogP) is 5.33. The third kappa shape index (κ3) is 5.38. The topological polar surface area (TPSA) is 20.3 Å². The van der Waals surface area contributed by atoms with Gasteiger partial charge in [0.2, 0.25) is 0 Å². The summed E-state index contributed by atoms with van der Waals surface area (Å²) < 4.78 is 0. The third-order valence-corrected chi connectivity index (χ3v) is 5.25. The first-order valence-corrected chi connectivity index (χ1v) is 9.47. The molecule has 25 heavy (non-hydrogen) atoms. The summed E-state index contributed by atoms with van der Waals surface area (Å²) >= 11 is 1.55. The van der Waals surface area contributed by atoms with E-state index in [0.717, 1.165) is 24.5 Å². The highest BCUT2D eigenvalue weighted by molar-refractivity contribution is 7.12. The van der Waals surface area contributed by atoms with Crippen LogP contribution in [0.2, 0.25) is 0 Å². The monoisotopic (exact) mass is 349 g/mol. The van der Waals surface area contributed by atoms with Crippen LogP contribution in [0.4, 0.5) is 0 Å². The minimum atomic E-state index is 0.240. The molecule has 2 nitrogen and oxygen atoms in total. The Morgan fingerprint density at radius 2 is 1.48 bits per heavy atom. The maximum Gasteiger partial charge on any atom is 0.174 e. The molecule has 0 saturated carbocycles. The van der Waals surface area contributed by atoms with Crippen LogP contribution in [0.15, 0.2) is 72.1 Å². The largest absolute Gasteiger partial charge is 0.294 e. The molecule has 0 N–H and O–H groups in total. The summed E-state index contributed by atoms with van der Waals surface area (Å²) in [7, 11) is 0. The normalized spacial score (nSPS) is 11.0. The number of ketones is 1. The zero-order valence-corrected chi connectivity index (χ0v) is 15.3. The van der Waals surface area contributed by atoms with E-state index in [1.165, 1.54) is 16.7 Å². The van der Waals surface area contributed by atoms with Gasteiger partial charge in [-0.25, -0.2) is 0 Å². The van der Waals surface area contributed by atoms with Crippen LogP contribution in [-0.4, -0.2) is 17.2 Å². The maximum absolute atomic E-state index is 12.5. The molecular weight excluding hydrogens is 326 g/mol. The van der Waals surface area contributed by atoms with Crippen molar-refractivity contribution in [3.8, 4) is 0 Å². The summed E-state index contributed by atoms with van der Waals surface area (Å²) in [6.45, 7) is 4.50. The van der Waals surface area contributed by atoms with Crippen molar-refractivity contribution in [3.05, 3.63) is 93.7 Å². The Hall–Kier alpha value is -2.23. The highest BCUT2D eigenvalue weighted by Gasteiger charge is 2.12. The molecule has 2 aromatic carbocycles. The van der Waals surface area contributed by atoms with Crippen LogP contribution in [0.5, 0.6) is 0 Å². The number of benzene rings is 2. The Balaban J connectivity index is 1.66. The summed E-state index contributed by atoms with van der Waals surface area (Å²) in [6, 6.07) is 22.9. The molecule has 3 heteroatoms. The molecule has 0 aliphatic carbocycles. The van der Waals surface area contributed by atoms with Gasteiger partial charge in [0.15, 0.2) is 5.78 Å². The van der Waals surface area contributed by atoms with Gasteiger partial charge >= 0.3 is 0 Å². The number of aryl methyl sites for hydroxylation is 1. The molecule has 0 aliphatic heterocycles. The lowest BCUT2D eigenvalue weighted by Gasteiger charge is -2.22. The number of Topliss-reactive ketones (excluding diaryl/α,β-unsaturated/α-hetero) is 1. The number of nitrogens with zero attached hydrogens (tertiary/aromatic N) is 1. The Bertz CT molecular complexity index is 754. The standard InChI is InChI=1S/C22H23NOS/c1-18-14-22(25-17-18)21(24)12-13-23(15-19-8-4-2-5-9-19)16-20-10-6-3-7-11-20/h2-11,14,17H,12-13,15-16H2,1H3. The molecule has 0 saturated heterocycles. The molecule has 0 atom stereocenters. The average Bonchev–Trinajstić information content (AvgIpc) is 3.08. The van der Waals surface area contributed by atoms with Crippen LogP contribution in [0.1, 0.15) is 32.8 Å². The SMILES string of the molecule is Cc1csc(C(=O)CCN(Cc2ccccc2)Cc2ccccc2)c1. The van der Waals surface area contributed by atoms with Crippen LogP contribution in [0.3, 0.4) is 0 Å². The van der Waals surface area contributed by atoms with Gasteiger partial charge in [0.05, 0.1) is 4.88 Å². The molecule has 0 fully saturated rings. The first-order chi connectivity index (χ1) is 12.2. The van der Waals surface area contributed by atoms with Crippen molar-refractivity contribution >= 4 is 17.1 Å². The fraction of sp³-hybridized carbons (Fsp3) is 0.227. The van der Waals surface area contributed by atoms with E-state index in [0.29, 0.717) is 6.42 Å². The van der Waals surface area contributed by atoms with Gasteiger partial charge in [0.25, 0.3) is 0 Å². The minimum Gasteiger partial charge on any atom is -0.294 e. The molecule has 0 bridgehead atoms. The summed E-state index contributed by atoms with van der Waals surface area (Å²) in [5.74, 6) is 0.240. The summed E-state index contributed by atoms with van der Waals surface area (Å²) in [4.78, 5) is 15.7. The predicted molar refractivity (Wildman–Crippen MR) is 105 cm³/mol. The average molecular weight is 349 g/mol.